The molecule has 0 aliphatic carbocycles. The number of hydrogen-bond donors (Lipinski definition) is 0. The number of carbonyl (C=O) groups excluding carboxylic acids is 1. The van der Waals surface area contributed by atoms with E-state index in [4.69, 9.17) is 4.74 Å². The van der Waals surface area contributed by atoms with Crippen molar-refractivity contribution in [3.05, 3.63) is 89.7 Å². The molecule has 0 radical (unpaired) electrons. The van der Waals surface area contributed by atoms with Crippen LogP contribution in [0.5, 0.6) is 5.75 Å². The van der Waals surface area contributed by atoms with E-state index in [2.05, 4.69) is 0 Å². The van der Waals surface area contributed by atoms with E-state index in [1.165, 1.54) is 48.4 Å². The number of ether oxygens (including phenoxy) is 1. The topological polar surface area (TPSA) is 66.9 Å². The number of likely N-dealkylation sites (tertiary alicyclic amines) is 1. The average molecular weight is 537 g/mol. The first-order valence-electron chi connectivity index (χ1n) is 11.4. The van der Waals surface area contributed by atoms with Crippen LogP contribution < -0.4 is 9.04 Å². The molecule has 196 valence electrons. The molecule has 0 spiro atoms. The number of benzene rings is 3. The van der Waals surface area contributed by atoms with Gasteiger partial charge in [-0.2, -0.15) is 13.2 Å². The SMILES string of the molecule is COc1ccc(S(=O)(=O)N(CC(=O)N2CCCC2c2ccc(F)cc2)c2ccc(C(F)(F)F)cc2)cc1. The van der Waals surface area contributed by atoms with Crippen LogP contribution in [0.15, 0.2) is 77.7 Å². The lowest BCUT2D eigenvalue weighted by Gasteiger charge is -2.30. The monoisotopic (exact) mass is 536 g/mol. The maximum Gasteiger partial charge on any atom is 0.416 e. The van der Waals surface area contributed by atoms with Crippen LogP contribution in [0.3, 0.4) is 0 Å². The Kier molecular flexibility index (Phi) is 7.44. The molecule has 0 bridgehead atoms. The Labute approximate surface area is 212 Å². The van der Waals surface area contributed by atoms with E-state index in [9.17, 15) is 30.8 Å². The molecular formula is C26H24F4N2O4S. The fourth-order valence-electron chi connectivity index (χ4n) is 4.32. The number of methoxy groups -OCH3 is 1. The normalized spacial score (nSPS) is 16.0. The summed E-state index contributed by atoms with van der Waals surface area (Å²) in [5, 5.41) is 0. The van der Waals surface area contributed by atoms with Gasteiger partial charge in [-0.3, -0.25) is 9.10 Å². The Morgan fingerprint density at radius 1 is 1.00 bits per heavy atom. The largest absolute Gasteiger partial charge is 0.497 e. The molecule has 37 heavy (non-hydrogen) atoms. The van der Waals surface area contributed by atoms with Crippen molar-refractivity contribution in [1.29, 1.82) is 0 Å². The van der Waals surface area contributed by atoms with E-state index in [-0.39, 0.29) is 16.6 Å². The minimum atomic E-state index is -4.61. The van der Waals surface area contributed by atoms with E-state index in [0.717, 1.165) is 28.6 Å². The van der Waals surface area contributed by atoms with Crippen molar-refractivity contribution in [2.45, 2.75) is 30.0 Å². The van der Waals surface area contributed by atoms with Crippen molar-refractivity contribution in [3.63, 3.8) is 0 Å². The Bertz CT molecular complexity index is 1340. The van der Waals surface area contributed by atoms with Gasteiger partial charge in [-0.15, -0.1) is 0 Å². The molecule has 0 aromatic heterocycles. The van der Waals surface area contributed by atoms with Gasteiger partial charge in [-0.05, 0) is 79.1 Å². The average Bonchev–Trinajstić information content (AvgIpc) is 3.37. The predicted octanol–water partition coefficient (Wildman–Crippen LogP) is 5.41. The quantitative estimate of drug-likeness (QED) is 0.379. The van der Waals surface area contributed by atoms with Crippen LogP contribution in [0.25, 0.3) is 0 Å². The van der Waals surface area contributed by atoms with Crippen LogP contribution in [0.1, 0.15) is 30.0 Å². The fraction of sp³-hybridized carbons (Fsp3) is 0.269. The van der Waals surface area contributed by atoms with Gasteiger partial charge >= 0.3 is 6.18 Å². The second-order valence-corrected chi connectivity index (χ2v) is 10.4. The summed E-state index contributed by atoms with van der Waals surface area (Å²) < 4.78 is 85.8. The van der Waals surface area contributed by atoms with Gasteiger partial charge in [0.25, 0.3) is 10.0 Å². The third-order valence-corrected chi connectivity index (χ3v) is 8.02. The van der Waals surface area contributed by atoms with Crippen LogP contribution >= 0.6 is 0 Å². The van der Waals surface area contributed by atoms with E-state index in [1.54, 1.807) is 12.1 Å². The molecule has 4 rings (SSSR count). The molecule has 1 unspecified atom stereocenters. The molecule has 1 heterocycles. The van der Waals surface area contributed by atoms with Crippen LogP contribution in [-0.2, 0) is 21.0 Å². The number of anilines is 1. The van der Waals surface area contributed by atoms with Crippen LogP contribution in [-0.4, -0.2) is 39.4 Å². The molecule has 1 aliphatic rings. The van der Waals surface area contributed by atoms with Crippen molar-refractivity contribution in [3.8, 4) is 5.75 Å². The number of rotatable bonds is 7. The van der Waals surface area contributed by atoms with Crippen LogP contribution in [0, 0.1) is 5.82 Å². The number of amides is 1. The lowest BCUT2D eigenvalue weighted by atomic mass is 10.0. The standard InChI is InChI=1S/C26H24F4N2O4S/c1-36-22-12-14-23(15-13-22)37(34,35)32(21-10-6-19(7-11-21)26(28,29)30)17-25(33)31-16-2-3-24(31)18-4-8-20(27)9-5-18/h4-15,24H,2-3,16-17H2,1H3. The number of nitrogens with zero attached hydrogens (tertiary/aromatic N) is 2. The summed E-state index contributed by atoms with van der Waals surface area (Å²) in [5.74, 6) is -0.530. The zero-order chi connectivity index (χ0) is 26.8. The molecule has 1 saturated heterocycles. The number of hydrogen-bond acceptors (Lipinski definition) is 4. The summed E-state index contributed by atoms with van der Waals surface area (Å²) in [4.78, 5) is 14.8. The lowest BCUT2D eigenvalue weighted by Crippen LogP contribution is -2.42. The molecule has 6 nitrogen and oxygen atoms in total. The highest BCUT2D eigenvalue weighted by Gasteiger charge is 2.35. The number of sulfonamides is 1. The van der Waals surface area contributed by atoms with Gasteiger partial charge in [-0.25, -0.2) is 12.8 Å². The van der Waals surface area contributed by atoms with E-state index >= 15 is 0 Å². The Morgan fingerprint density at radius 3 is 2.19 bits per heavy atom. The summed E-state index contributed by atoms with van der Waals surface area (Å²) in [6.07, 6.45) is -3.33. The highest BCUT2D eigenvalue weighted by molar-refractivity contribution is 7.92. The van der Waals surface area contributed by atoms with Crippen molar-refractivity contribution in [1.82, 2.24) is 4.90 Å². The van der Waals surface area contributed by atoms with Gasteiger partial charge in [0.05, 0.1) is 29.3 Å². The minimum absolute atomic E-state index is 0.0882. The minimum Gasteiger partial charge on any atom is -0.497 e. The molecule has 0 N–H and O–H groups in total. The lowest BCUT2D eigenvalue weighted by molar-refractivity contribution is -0.137. The van der Waals surface area contributed by atoms with Crippen molar-refractivity contribution in [2.24, 2.45) is 0 Å². The summed E-state index contributed by atoms with van der Waals surface area (Å²) in [7, 11) is -2.92. The molecule has 3 aromatic carbocycles. The zero-order valence-electron chi connectivity index (χ0n) is 19.8. The Morgan fingerprint density at radius 2 is 1.62 bits per heavy atom. The summed E-state index contributed by atoms with van der Waals surface area (Å²) in [6.45, 7) is -0.262. The molecule has 11 heteroatoms. The number of carbonyl (C=O) groups is 1. The first-order chi connectivity index (χ1) is 17.5. The zero-order valence-corrected chi connectivity index (χ0v) is 20.6. The first-order valence-corrected chi connectivity index (χ1v) is 12.8. The maximum absolute atomic E-state index is 13.6. The second kappa shape index (κ2) is 10.4. The van der Waals surface area contributed by atoms with E-state index in [0.29, 0.717) is 30.7 Å². The van der Waals surface area contributed by atoms with E-state index < -0.39 is 40.0 Å². The molecule has 1 amide bonds. The molecule has 1 atom stereocenters. The second-order valence-electron chi connectivity index (χ2n) is 8.53. The van der Waals surface area contributed by atoms with Gasteiger partial charge in [0.1, 0.15) is 18.1 Å². The number of alkyl halides is 3. The third kappa shape index (κ3) is 5.71. The molecule has 1 fully saturated rings. The Hall–Kier alpha value is -3.60. The molecule has 0 saturated carbocycles. The van der Waals surface area contributed by atoms with Gasteiger partial charge in [-0.1, -0.05) is 12.1 Å². The highest BCUT2D eigenvalue weighted by atomic mass is 32.2. The van der Waals surface area contributed by atoms with Gasteiger partial charge in [0, 0.05) is 6.54 Å². The van der Waals surface area contributed by atoms with Crippen molar-refractivity contribution >= 4 is 21.6 Å². The highest BCUT2D eigenvalue weighted by Crippen LogP contribution is 2.35. The molecular weight excluding hydrogens is 512 g/mol. The molecule has 1 aliphatic heterocycles. The van der Waals surface area contributed by atoms with Crippen LogP contribution in [0.2, 0.25) is 0 Å². The van der Waals surface area contributed by atoms with Gasteiger partial charge in [0.15, 0.2) is 0 Å². The van der Waals surface area contributed by atoms with Gasteiger partial charge < -0.3 is 9.64 Å². The molecule has 3 aromatic rings. The smallest absolute Gasteiger partial charge is 0.416 e. The van der Waals surface area contributed by atoms with Gasteiger partial charge in [0.2, 0.25) is 5.91 Å². The summed E-state index contributed by atoms with van der Waals surface area (Å²) in [6, 6.07) is 14.4. The third-order valence-electron chi connectivity index (χ3n) is 6.24. The van der Waals surface area contributed by atoms with Crippen molar-refractivity contribution < 1.29 is 35.5 Å². The summed E-state index contributed by atoms with van der Waals surface area (Å²) in [5.41, 5.74) is -0.318. The fourth-order valence-corrected chi connectivity index (χ4v) is 5.73. The first kappa shape index (κ1) is 26.5. The van der Waals surface area contributed by atoms with E-state index in [1.807, 2.05) is 0 Å². The van der Waals surface area contributed by atoms with Crippen molar-refractivity contribution in [2.75, 3.05) is 24.5 Å². The summed E-state index contributed by atoms with van der Waals surface area (Å²) >= 11 is 0. The number of halogens is 4. The van der Waals surface area contributed by atoms with Crippen LogP contribution in [0.4, 0.5) is 23.2 Å². The predicted molar refractivity (Wildman–Crippen MR) is 129 cm³/mol. The maximum atomic E-state index is 13.6. The Balaban J connectivity index is 1.68.